The average Bonchev–Trinajstić information content (AvgIpc) is 3.26. The number of para-hydroxylation sites is 1. The third-order valence-electron chi connectivity index (χ3n) is 3.84. The summed E-state index contributed by atoms with van der Waals surface area (Å²) >= 11 is 0. The van der Waals surface area contributed by atoms with Crippen LogP contribution in [-0.4, -0.2) is 22.5 Å². The molecule has 3 rings (SSSR count). The number of amides is 1. The van der Waals surface area contributed by atoms with E-state index in [-0.39, 0.29) is 12.2 Å². The number of aromatic nitrogens is 1. The lowest BCUT2D eigenvalue weighted by Gasteiger charge is -2.03. The number of nitrogens with zero attached hydrogens (tertiary/aromatic N) is 1. The Balaban J connectivity index is 1.62. The molecule has 0 spiro atoms. The molecule has 0 fully saturated rings. The lowest BCUT2D eigenvalue weighted by molar-refractivity contribution is -0.117. The fourth-order valence-electron chi connectivity index (χ4n) is 2.59. The highest BCUT2D eigenvalue weighted by molar-refractivity contribution is 6.01. The van der Waals surface area contributed by atoms with E-state index < -0.39 is 5.91 Å². The topological polar surface area (TPSA) is 102 Å². The minimum Gasteiger partial charge on any atom is -0.459 e. The van der Waals surface area contributed by atoms with Gasteiger partial charge in [-0.05, 0) is 30.2 Å². The predicted molar refractivity (Wildman–Crippen MR) is 93.2 cm³/mol. The lowest BCUT2D eigenvalue weighted by atomic mass is 10.1. The number of hydrogen-bond donors (Lipinski definition) is 3. The van der Waals surface area contributed by atoms with Gasteiger partial charge in [0.25, 0.3) is 5.91 Å². The van der Waals surface area contributed by atoms with Crippen LogP contribution >= 0.6 is 0 Å². The van der Waals surface area contributed by atoms with E-state index in [4.69, 9.17) is 9.52 Å². The van der Waals surface area contributed by atoms with E-state index in [1.165, 1.54) is 6.08 Å². The van der Waals surface area contributed by atoms with Crippen molar-refractivity contribution in [2.75, 3.05) is 6.54 Å². The third-order valence-corrected chi connectivity index (χ3v) is 3.84. The molecule has 0 atom stereocenters. The maximum Gasteiger partial charge on any atom is 0.262 e. The average molecular weight is 335 g/mol. The first kappa shape index (κ1) is 16.6. The van der Waals surface area contributed by atoms with Gasteiger partial charge >= 0.3 is 0 Å². The fourth-order valence-corrected chi connectivity index (χ4v) is 2.59. The molecule has 0 bridgehead atoms. The van der Waals surface area contributed by atoms with Gasteiger partial charge in [0.1, 0.15) is 29.8 Å². The number of nitriles is 1. The van der Waals surface area contributed by atoms with E-state index in [2.05, 4.69) is 10.3 Å². The first-order chi connectivity index (χ1) is 12.2. The largest absolute Gasteiger partial charge is 0.459 e. The number of aliphatic hydroxyl groups is 1. The maximum atomic E-state index is 12.1. The van der Waals surface area contributed by atoms with E-state index in [1.54, 1.807) is 12.1 Å². The molecule has 2 heterocycles. The van der Waals surface area contributed by atoms with Crippen LogP contribution < -0.4 is 5.32 Å². The van der Waals surface area contributed by atoms with Gasteiger partial charge in [-0.25, -0.2) is 0 Å². The molecule has 0 aliphatic rings. The van der Waals surface area contributed by atoms with Crippen LogP contribution in [0.5, 0.6) is 0 Å². The lowest BCUT2D eigenvalue weighted by Crippen LogP contribution is -2.26. The van der Waals surface area contributed by atoms with E-state index in [0.29, 0.717) is 24.5 Å². The molecule has 1 amide bonds. The van der Waals surface area contributed by atoms with Crippen LogP contribution in [0.25, 0.3) is 17.0 Å². The summed E-state index contributed by atoms with van der Waals surface area (Å²) in [5.41, 5.74) is 2.12. The van der Waals surface area contributed by atoms with Gasteiger partial charge in [-0.1, -0.05) is 18.2 Å². The van der Waals surface area contributed by atoms with Crippen LogP contribution in [0.1, 0.15) is 17.1 Å². The Hall–Kier alpha value is -3.30. The van der Waals surface area contributed by atoms with Crippen molar-refractivity contribution in [3.63, 3.8) is 0 Å². The number of rotatable bonds is 6. The van der Waals surface area contributed by atoms with Gasteiger partial charge < -0.3 is 19.8 Å². The smallest absolute Gasteiger partial charge is 0.262 e. The molecule has 2 aromatic heterocycles. The molecule has 0 unspecified atom stereocenters. The molecular formula is C19H17N3O3. The van der Waals surface area contributed by atoms with Crippen LogP contribution in [0.3, 0.4) is 0 Å². The molecule has 0 saturated carbocycles. The second-order valence-corrected chi connectivity index (χ2v) is 5.50. The first-order valence-corrected chi connectivity index (χ1v) is 7.86. The van der Waals surface area contributed by atoms with Crippen LogP contribution in [0.15, 0.2) is 52.6 Å². The van der Waals surface area contributed by atoms with Gasteiger partial charge in [0.2, 0.25) is 0 Å². The quantitative estimate of drug-likeness (QED) is 0.476. The number of benzene rings is 1. The predicted octanol–water partition coefficient (Wildman–Crippen LogP) is 2.52. The number of hydrogen-bond acceptors (Lipinski definition) is 4. The number of nitrogens with one attached hydrogen (secondary N) is 2. The summed E-state index contributed by atoms with van der Waals surface area (Å²) in [5, 5.41) is 22.0. The summed E-state index contributed by atoms with van der Waals surface area (Å²) in [4.78, 5) is 15.3. The Bertz CT molecular complexity index is 960. The van der Waals surface area contributed by atoms with Crippen molar-refractivity contribution in [2.24, 2.45) is 0 Å². The van der Waals surface area contributed by atoms with Gasteiger partial charge in [0.15, 0.2) is 0 Å². The van der Waals surface area contributed by atoms with Crippen molar-refractivity contribution in [1.82, 2.24) is 10.3 Å². The highest BCUT2D eigenvalue weighted by Crippen LogP contribution is 2.17. The second kappa shape index (κ2) is 7.51. The molecule has 0 aliphatic carbocycles. The minimum absolute atomic E-state index is 0.0437. The zero-order valence-electron chi connectivity index (χ0n) is 13.5. The zero-order valence-corrected chi connectivity index (χ0v) is 13.5. The summed E-state index contributed by atoms with van der Waals surface area (Å²) in [6, 6.07) is 13.0. The molecule has 0 saturated heterocycles. The molecule has 0 aliphatic heterocycles. The second-order valence-electron chi connectivity index (χ2n) is 5.50. The molecule has 126 valence electrons. The molecule has 0 radical (unpaired) electrons. The van der Waals surface area contributed by atoms with Crippen molar-refractivity contribution >= 4 is 22.9 Å². The molecular weight excluding hydrogens is 318 g/mol. The van der Waals surface area contributed by atoms with Crippen molar-refractivity contribution in [3.8, 4) is 6.07 Å². The van der Waals surface area contributed by atoms with Crippen LogP contribution in [-0.2, 0) is 17.8 Å². The molecule has 3 aromatic rings. The van der Waals surface area contributed by atoms with Crippen molar-refractivity contribution in [3.05, 3.63) is 65.3 Å². The number of fused-ring (bicyclic) bond motifs is 1. The minimum atomic E-state index is -0.454. The van der Waals surface area contributed by atoms with Gasteiger partial charge in [0, 0.05) is 29.7 Å². The van der Waals surface area contributed by atoms with E-state index in [0.717, 1.165) is 16.5 Å². The van der Waals surface area contributed by atoms with Gasteiger partial charge in [-0.3, -0.25) is 4.79 Å². The van der Waals surface area contributed by atoms with Gasteiger partial charge in [-0.2, -0.15) is 5.26 Å². The molecule has 6 nitrogen and oxygen atoms in total. The summed E-state index contributed by atoms with van der Waals surface area (Å²) in [7, 11) is 0. The summed E-state index contributed by atoms with van der Waals surface area (Å²) < 4.78 is 5.27. The van der Waals surface area contributed by atoms with Crippen molar-refractivity contribution < 1.29 is 14.3 Å². The zero-order chi connectivity index (χ0) is 17.6. The molecule has 1 aromatic carbocycles. The Kier molecular flexibility index (Phi) is 4.97. The molecule has 6 heteroatoms. The number of carbonyl (C=O) groups is 1. The summed E-state index contributed by atoms with van der Waals surface area (Å²) in [5.74, 6) is 0.278. The Labute approximate surface area is 144 Å². The molecule has 3 N–H and O–H groups in total. The number of furan rings is 1. The van der Waals surface area contributed by atoms with Crippen LogP contribution in [0.2, 0.25) is 0 Å². The molecule has 25 heavy (non-hydrogen) atoms. The highest BCUT2D eigenvalue weighted by atomic mass is 16.4. The van der Waals surface area contributed by atoms with Crippen LogP contribution in [0, 0.1) is 11.3 Å². The highest BCUT2D eigenvalue weighted by Gasteiger charge is 2.11. The van der Waals surface area contributed by atoms with Gasteiger partial charge in [-0.15, -0.1) is 0 Å². The third kappa shape index (κ3) is 3.79. The van der Waals surface area contributed by atoms with E-state index in [9.17, 15) is 10.1 Å². The maximum absolute atomic E-state index is 12.1. The van der Waals surface area contributed by atoms with Crippen LogP contribution in [0.4, 0.5) is 0 Å². The number of aromatic amines is 1. The van der Waals surface area contributed by atoms with E-state index >= 15 is 0 Å². The normalized spacial score (nSPS) is 11.4. The van der Waals surface area contributed by atoms with Crippen molar-refractivity contribution in [2.45, 2.75) is 13.0 Å². The standard InChI is InChI=1S/C19H17N3O3/c20-10-14(9-15-5-6-16(12-23)25-15)19(24)21-8-7-13-11-22-18-4-2-1-3-17(13)18/h1-6,9,11,22-23H,7-8,12H2,(H,21,24). The Morgan fingerprint density at radius 1 is 1.32 bits per heavy atom. The Morgan fingerprint density at radius 2 is 2.16 bits per heavy atom. The van der Waals surface area contributed by atoms with Crippen molar-refractivity contribution in [1.29, 1.82) is 5.26 Å². The summed E-state index contributed by atoms with van der Waals surface area (Å²) in [6.07, 6.45) is 3.95. The van der Waals surface area contributed by atoms with E-state index in [1.807, 2.05) is 36.5 Å². The number of aliphatic hydroxyl groups excluding tert-OH is 1. The number of H-pyrrole nitrogens is 1. The fraction of sp³-hybridized carbons (Fsp3) is 0.158. The number of carbonyl (C=O) groups excluding carboxylic acids is 1. The Morgan fingerprint density at radius 3 is 2.92 bits per heavy atom. The van der Waals surface area contributed by atoms with Gasteiger partial charge in [0.05, 0.1) is 0 Å². The summed E-state index contributed by atoms with van der Waals surface area (Å²) in [6.45, 7) is 0.187. The first-order valence-electron chi connectivity index (χ1n) is 7.86. The SMILES string of the molecule is N#CC(=Cc1ccc(CO)o1)C(=O)NCCc1c[nH]c2ccccc12. The monoisotopic (exact) mass is 335 g/mol.